The highest BCUT2D eigenvalue weighted by molar-refractivity contribution is 7.89. The summed E-state index contributed by atoms with van der Waals surface area (Å²) in [6, 6.07) is 22.8. The summed E-state index contributed by atoms with van der Waals surface area (Å²) in [6.07, 6.45) is 1.51. The van der Waals surface area contributed by atoms with Crippen molar-refractivity contribution < 1.29 is 22.4 Å². The second-order valence-electron chi connectivity index (χ2n) is 8.75. The summed E-state index contributed by atoms with van der Waals surface area (Å²) in [5.41, 5.74) is -1.60. The number of hydrogen-bond donors (Lipinski definition) is 2. The molecule has 39 heavy (non-hydrogen) atoms. The van der Waals surface area contributed by atoms with E-state index in [2.05, 4.69) is 9.71 Å². The van der Waals surface area contributed by atoms with Crippen molar-refractivity contribution in [2.45, 2.75) is 23.7 Å². The number of carbonyl (C=O) groups excluding carboxylic acids is 1. The Hall–Kier alpha value is -4.03. The van der Waals surface area contributed by atoms with Crippen LogP contribution in [0.2, 0.25) is 0 Å². The second-order valence-corrected chi connectivity index (χ2v) is 11.5. The summed E-state index contributed by atoms with van der Waals surface area (Å²) < 4.78 is 41.5. The molecule has 3 aromatic heterocycles. The Morgan fingerprint density at radius 2 is 1.85 bits per heavy atom. The lowest BCUT2D eigenvalue weighted by atomic mass is 10.0. The maximum Gasteiger partial charge on any atom is 0.276 e. The molecule has 0 saturated heterocycles. The smallest absolute Gasteiger partial charge is 0.276 e. The van der Waals surface area contributed by atoms with Crippen LogP contribution < -0.4 is 10.3 Å². The van der Waals surface area contributed by atoms with Gasteiger partial charge >= 0.3 is 0 Å². The van der Waals surface area contributed by atoms with Gasteiger partial charge in [-0.05, 0) is 53.2 Å². The van der Waals surface area contributed by atoms with Crippen LogP contribution in [0.3, 0.4) is 0 Å². The molecule has 3 heterocycles. The Kier molecular flexibility index (Phi) is 7.49. The van der Waals surface area contributed by atoms with Gasteiger partial charge in [0.15, 0.2) is 0 Å². The van der Waals surface area contributed by atoms with E-state index in [0.717, 1.165) is 4.88 Å². The monoisotopic (exact) mass is 563 g/mol. The minimum atomic E-state index is -4.32. The van der Waals surface area contributed by atoms with E-state index in [1.54, 1.807) is 42.5 Å². The van der Waals surface area contributed by atoms with Crippen LogP contribution in [0, 0.1) is 0 Å². The van der Waals surface area contributed by atoms with Crippen LogP contribution in [0.15, 0.2) is 111 Å². The van der Waals surface area contributed by atoms with Gasteiger partial charge in [0.25, 0.3) is 5.91 Å². The molecule has 0 aliphatic carbocycles. The van der Waals surface area contributed by atoms with Crippen molar-refractivity contribution >= 4 is 38.2 Å². The zero-order valence-electron chi connectivity index (χ0n) is 20.9. The van der Waals surface area contributed by atoms with Gasteiger partial charge in [-0.15, -0.1) is 11.3 Å². The number of aromatic amines is 1. The number of thiophene rings is 1. The molecule has 0 radical (unpaired) electrons. The van der Waals surface area contributed by atoms with Crippen LogP contribution in [0.4, 0.5) is 0 Å². The Bertz CT molecular complexity index is 1700. The summed E-state index contributed by atoms with van der Waals surface area (Å²) in [7, 11) is -3.03. The highest BCUT2D eigenvalue weighted by Gasteiger charge is 2.47. The highest BCUT2D eigenvalue weighted by atomic mass is 32.2. The highest BCUT2D eigenvalue weighted by Crippen LogP contribution is 2.30. The number of nitrogens with one attached hydrogen (secondary N) is 2. The van der Waals surface area contributed by atoms with E-state index < -0.39 is 21.7 Å². The van der Waals surface area contributed by atoms with E-state index in [-0.39, 0.29) is 23.5 Å². The number of amides is 1. The van der Waals surface area contributed by atoms with Gasteiger partial charge in [-0.25, -0.2) is 8.42 Å². The molecule has 0 bridgehead atoms. The van der Waals surface area contributed by atoms with Crippen molar-refractivity contribution in [1.82, 2.24) is 14.6 Å². The SMILES string of the molecule is CO[C@@](NS(=O)(=O)c1ccc2[nH]c(=O)ccc2c1)(C(=O)N(Cc1ccco1)Cc1cccs1)c1ccccc1. The third-order valence-electron chi connectivity index (χ3n) is 6.21. The van der Waals surface area contributed by atoms with Crippen LogP contribution in [-0.2, 0) is 38.4 Å². The molecule has 0 spiro atoms. The lowest BCUT2D eigenvalue weighted by Gasteiger charge is -2.36. The number of benzene rings is 2. The van der Waals surface area contributed by atoms with E-state index in [9.17, 15) is 18.0 Å². The molecule has 2 aromatic carbocycles. The standard InChI is InChI=1S/C28H25N3O6S2/c1-36-28(21-7-3-2-4-8-21,27(33)31(18-22-9-5-15-37-22)19-23-10-6-16-38-23)30-39(34,35)24-12-13-25-20(17-24)11-14-26(32)29-25/h2-17,30H,18-19H2,1H3,(H,29,32)/t28-/m1/s1. The van der Waals surface area contributed by atoms with Crippen LogP contribution in [-0.4, -0.2) is 31.3 Å². The van der Waals surface area contributed by atoms with E-state index in [1.807, 2.05) is 17.5 Å². The van der Waals surface area contributed by atoms with E-state index in [1.165, 1.54) is 59.9 Å². The van der Waals surface area contributed by atoms with E-state index >= 15 is 0 Å². The van der Waals surface area contributed by atoms with Crippen molar-refractivity contribution in [3.63, 3.8) is 0 Å². The third-order valence-corrected chi connectivity index (χ3v) is 8.50. The molecule has 0 saturated carbocycles. The van der Waals surface area contributed by atoms with Crippen molar-refractivity contribution in [3.8, 4) is 0 Å². The Balaban J connectivity index is 1.59. The van der Waals surface area contributed by atoms with Crippen molar-refractivity contribution in [1.29, 1.82) is 0 Å². The summed E-state index contributed by atoms with van der Waals surface area (Å²) in [5.74, 6) is -0.0842. The molecule has 200 valence electrons. The van der Waals surface area contributed by atoms with Crippen molar-refractivity contribution in [3.05, 3.63) is 123 Å². The fraction of sp³-hybridized carbons (Fsp3) is 0.143. The molecule has 0 fully saturated rings. The third kappa shape index (κ3) is 5.57. The minimum Gasteiger partial charge on any atom is -0.467 e. The molecule has 1 atom stereocenters. The molecule has 2 N–H and O–H groups in total. The number of hydrogen-bond acceptors (Lipinski definition) is 7. The topological polar surface area (TPSA) is 122 Å². The zero-order valence-corrected chi connectivity index (χ0v) is 22.5. The van der Waals surface area contributed by atoms with Gasteiger partial charge in [-0.3, -0.25) is 9.59 Å². The fourth-order valence-corrected chi connectivity index (χ4v) is 6.33. The normalized spacial score (nSPS) is 13.3. The van der Waals surface area contributed by atoms with Crippen molar-refractivity contribution in [2.75, 3.05) is 7.11 Å². The summed E-state index contributed by atoms with van der Waals surface area (Å²) in [4.78, 5) is 31.0. The average molecular weight is 564 g/mol. The number of ether oxygens (including phenoxy) is 1. The number of carbonyl (C=O) groups is 1. The lowest BCUT2D eigenvalue weighted by Crippen LogP contribution is -2.58. The van der Waals surface area contributed by atoms with Gasteiger partial charge in [0.05, 0.1) is 24.2 Å². The fourth-order valence-electron chi connectivity index (χ4n) is 4.30. The quantitative estimate of drug-likeness (QED) is 0.246. The second kappa shape index (κ2) is 11.0. The molecule has 5 rings (SSSR count). The predicted octanol–water partition coefficient (Wildman–Crippen LogP) is 4.19. The maximum absolute atomic E-state index is 14.4. The first kappa shape index (κ1) is 26.6. The number of fused-ring (bicyclic) bond motifs is 1. The largest absolute Gasteiger partial charge is 0.467 e. The lowest BCUT2D eigenvalue weighted by molar-refractivity contribution is -0.160. The Morgan fingerprint density at radius 1 is 1.03 bits per heavy atom. The number of nitrogens with zero attached hydrogens (tertiary/aromatic N) is 1. The van der Waals surface area contributed by atoms with Gasteiger partial charge < -0.3 is 19.0 Å². The van der Waals surface area contributed by atoms with Gasteiger partial charge in [0.2, 0.25) is 21.3 Å². The number of pyridine rings is 1. The van der Waals surface area contributed by atoms with Gasteiger partial charge in [-0.2, -0.15) is 4.72 Å². The van der Waals surface area contributed by atoms with Crippen LogP contribution in [0.5, 0.6) is 0 Å². The van der Waals surface area contributed by atoms with Crippen LogP contribution >= 0.6 is 11.3 Å². The average Bonchev–Trinajstić information content (AvgIpc) is 3.66. The molecule has 1 amide bonds. The minimum absolute atomic E-state index is 0.0900. The zero-order chi connectivity index (χ0) is 27.5. The molecule has 0 unspecified atom stereocenters. The van der Waals surface area contributed by atoms with Gasteiger partial charge in [0.1, 0.15) is 5.76 Å². The molecule has 0 aliphatic heterocycles. The van der Waals surface area contributed by atoms with Crippen LogP contribution in [0.1, 0.15) is 16.2 Å². The first-order valence-electron chi connectivity index (χ1n) is 11.9. The van der Waals surface area contributed by atoms with Gasteiger partial charge in [-0.1, -0.05) is 36.4 Å². The molecular weight excluding hydrogens is 538 g/mol. The summed E-state index contributed by atoms with van der Waals surface area (Å²) >= 11 is 1.48. The Labute approximate surface area is 228 Å². The molecule has 9 nitrogen and oxygen atoms in total. The molecular formula is C28H25N3O6S2. The first-order valence-corrected chi connectivity index (χ1v) is 14.3. The number of furan rings is 1. The number of sulfonamides is 1. The molecule has 11 heteroatoms. The van der Waals surface area contributed by atoms with E-state index in [0.29, 0.717) is 22.2 Å². The van der Waals surface area contributed by atoms with Crippen molar-refractivity contribution in [2.24, 2.45) is 0 Å². The number of H-pyrrole nitrogens is 1. The number of rotatable bonds is 10. The molecule has 0 aliphatic rings. The summed E-state index contributed by atoms with van der Waals surface area (Å²) in [5, 5.41) is 2.42. The van der Waals surface area contributed by atoms with Gasteiger partial charge in [0, 0.05) is 29.1 Å². The first-order chi connectivity index (χ1) is 18.8. The number of aromatic nitrogens is 1. The molecule has 5 aromatic rings. The maximum atomic E-state index is 14.4. The van der Waals surface area contributed by atoms with Crippen LogP contribution in [0.25, 0.3) is 10.9 Å². The van der Waals surface area contributed by atoms with E-state index in [4.69, 9.17) is 9.15 Å². The number of methoxy groups -OCH3 is 1. The summed E-state index contributed by atoms with van der Waals surface area (Å²) in [6.45, 7) is 0.299. The predicted molar refractivity (Wildman–Crippen MR) is 147 cm³/mol. The Morgan fingerprint density at radius 3 is 2.54 bits per heavy atom.